The van der Waals surface area contributed by atoms with Crippen LogP contribution in [0.3, 0.4) is 0 Å². The Balaban J connectivity index is 2.12. The van der Waals surface area contributed by atoms with Crippen molar-refractivity contribution in [1.29, 1.82) is 0 Å². The van der Waals surface area contributed by atoms with E-state index in [0.29, 0.717) is 6.54 Å². The molecular weight excluding hydrogens is 244 g/mol. The lowest BCUT2D eigenvalue weighted by atomic mass is 10.2. The molecule has 96 valence electrons. The Hall–Kier alpha value is -1.52. The summed E-state index contributed by atoms with van der Waals surface area (Å²) >= 11 is 1.77. The van der Waals surface area contributed by atoms with E-state index in [4.69, 9.17) is 10.5 Å². The third-order valence-electron chi connectivity index (χ3n) is 2.76. The Bertz CT molecular complexity index is 453. The maximum Gasteiger partial charge on any atom is 0.119 e. The highest BCUT2D eigenvalue weighted by Crippen LogP contribution is 2.22. The van der Waals surface area contributed by atoms with Crippen molar-refractivity contribution in [2.24, 2.45) is 5.73 Å². The molecule has 0 spiro atoms. The average molecular weight is 262 g/mol. The minimum absolute atomic E-state index is 0.650. The standard InChI is InChI=1S/C14H18N2OS/c1-17-13-6-4-12(5-7-13)16(9-8-15)11-14-3-2-10-18-14/h2-7,10H,8-9,11,15H2,1H3. The van der Waals surface area contributed by atoms with Gasteiger partial charge in [-0.25, -0.2) is 0 Å². The monoisotopic (exact) mass is 262 g/mol. The van der Waals surface area contributed by atoms with Gasteiger partial charge in [-0.05, 0) is 35.7 Å². The number of rotatable bonds is 6. The van der Waals surface area contributed by atoms with Gasteiger partial charge in [0.1, 0.15) is 5.75 Å². The van der Waals surface area contributed by atoms with Crippen LogP contribution in [-0.2, 0) is 6.54 Å². The lowest BCUT2D eigenvalue weighted by Crippen LogP contribution is -2.28. The Kier molecular flexibility index (Phi) is 4.61. The van der Waals surface area contributed by atoms with E-state index in [0.717, 1.165) is 18.8 Å². The summed E-state index contributed by atoms with van der Waals surface area (Å²) in [6, 6.07) is 12.3. The van der Waals surface area contributed by atoms with Gasteiger partial charge in [0.25, 0.3) is 0 Å². The predicted molar refractivity (Wildman–Crippen MR) is 77.4 cm³/mol. The Morgan fingerprint density at radius 1 is 1.22 bits per heavy atom. The third kappa shape index (κ3) is 3.24. The van der Waals surface area contributed by atoms with E-state index in [1.54, 1.807) is 18.4 Å². The van der Waals surface area contributed by atoms with Gasteiger partial charge in [-0.15, -0.1) is 11.3 Å². The molecule has 0 radical (unpaired) electrons. The fraction of sp³-hybridized carbons (Fsp3) is 0.286. The molecule has 0 saturated carbocycles. The summed E-state index contributed by atoms with van der Waals surface area (Å²) in [5.74, 6) is 0.877. The second-order valence-corrected chi connectivity index (χ2v) is 5.02. The number of anilines is 1. The molecule has 0 saturated heterocycles. The molecule has 0 amide bonds. The van der Waals surface area contributed by atoms with Crippen molar-refractivity contribution in [2.45, 2.75) is 6.54 Å². The van der Waals surface area contributed by atoms with Crippen molar-refractivity contribution in [2.75, 3.05) is 25.1 Å². The Morgan fingerprint density at radius 3 is 2.56 bits per heavy atom. The first kappa shape index (κ1) is 12.9. The van der Waals surface area contributed by atoms with Crippen LogP contribution in [0, 0.1) is 0 Å². The van der Waals surface area contributed by atoms with Gasteiger partial charge in [0, 0.05) is 23.7 Å². The zero-order valence-electron chi connectivity index (χ0n) is 10.5. The number of hydrogen-bond donors (Lipinski definition) is 1. The molecule has 1 aromatic carbocycles. The first-order valence-corrected chi connectivity index (χ1v) is 6.83. The second kappa shape index (κ2) is 6.42. The predicted octanol–water partition coefficient (Wildman–Crippen LogP) is 2.72. The number of hydrogen-bond acceptors (Lipinski definition) is 4. The molecule has 4 heteroatoms. The van der Waals surface area contributed by atoms with Gasteiger partial charge in [-0.1, -0.05) is 6.07 Å². The SMILES string of the molecule is COc1ccc(N(CCN)Cc2cccs2)cc1. The van der Waals surface area contributed by atoms with E-state index in [1.807, 2.05) is 12.1 Å². The highest BCUT2D eigenvalue weighted by Gasteiger charge is 2.07. The van der Waals surface area contributed by atoms with Gasteiger partial charge in [0.2, 0.25) is 0 Å². The van der Waals surface area contributed by atoms with Crippen LogP contribution in [0.2, 0.25) is 0 Å². The smallest absolute Gasteiger partial charge is 0.119 e. The van der Waals surface area contributed by atoms with Crippen molar-refractivity contribution in [3.63, 3.8) is 0 Å². The summed E-state index contributed by atoms with van der Waals surface area (Å²) in [6.07, 6.45) is 0. The fourth-order valence-corrected chi connectivity index (χ4v) is 2.56. The first-order valence-electron chi connectivity index (χ1n) is 5.95. The molecule has 0 unspecified atom stereocenters. The largest absolute Gasteiger partial charge is 0.497 e. The first-order chi connectivity index (χ1) is 8.83. The topological polar surface area (TPSA) is 38.5 Å². The number of ether oxygens (including phenoxy) is 1. The van der Waals surface area contributed by atoms with Crippen LogP contribution in [-0.4, -0.2) is 20.2 Å². The molecular formula is C14H18N2OS. The van der Waals surface area contributed by atoms with Crippen LogP contribution >= 0.6 is 11.3 Å². The average Bonchev–Trinajstić information content (AvgIpc) is 2.91. The highest BCUT2D eigenvalue weighted by atomic mass is 32.1. The van der Waals surface area contributed by atoms with Crippen LogP contribution in [0.1, 0.15) is 4.88 Å². The van der Waals surface area contributed by atoms with Crippen LogP contribution in [0.5, 0.6) is 5.75 Å². The molecule has 2 rings (SSSR count). The highest BCUT2D eigenvalue weighted by molar-refractivity contribution is 7.09. The molecule has 2 aromatic rings. The van der Waals surface area contributed by atoms with Gasteiger partial charge < -0.3 is 15.4 Å². The lowest BCUT2D eigenvalue weighted by molar-refractivity contribution is 0.415. The van der Waals surface area contributed by atoms with E-state index in [1.165, 1.54) is 10.6 Å². The summed E-state index contributed by atoms with van der Waals surface area (Å²) in [6.45, 7) is 2.41. The minimum atomic E-state index is 0.650. The van der Waals surface area contributed by atoms with Crippen LogP contribution < -0.4 is 15.4 Å². The molecule has 0 bridgehead atoms. The van der Waals surface area contributed by atoms with Crippen molar-refractivity contribution < 1.29 is 4.74 Å². The summed E-state index contributed by atoms with van der Waals surface area (Å²) in [7, 11) is 1.68. The van der Waals surface area contributed by atoms with Gasteiger partial charge in [0.15, 0.2) is 0 Å². The maximum atomic E-state index is 5.69. The lowest BCUT2D eigenvalue weighted by Gasteiger charge is -2.23. The van der Waals surface area contributed by atoms with Crippen LogP contribution in [0.4, 0.5) is 5.69 Å². The fourth-order valence-electron chi connectivity index (χ4n) is 1.84. The number of thiophene rings is 1. The van der Waals surface area contributed by atoms with Crippen LogP contribution in [0.15, 0.2) is 41.8 Å². The van der Waals surface area contributed by atoms with Crippen LogP contribution in [0.25, 0.3) is 0 Å². The molecule has 3 nitrogen and oxygen atoms in total. The number of methoxy groups -OCH3 is 1. The molecule has 18 heavy (non-hydrogen) atoms. The van der Waals surface area contributed by atoms with Gasteiger partial charge in [-0.3, -0.25) is 0 Å². The zero-order valence-corrected chi connectivity index (χ0v) is 11.3. The summed E-state index contributed by atoms with van der Waals surface area (Å²) in [5.41, 5.74) is 6.86. The van der Waals surface area contributed by atoms with Gasteiger partial charge in [0.05, 0.1) is 13.7 Å². The van der Waals surface area contributed by atoms with E-state index in [9.17, 15) is 0 Å². The van der Waals surface area contributed by atoms with E-state index >= 15 is 0 Å². The van der Waals surface area contributed by atoms with Gasteiger partial charge in [-0.2, -0.15) is 0 Å². The van der Waals surface area contributed by atoms with Crippen molar-refractivity contribution in [1.82, 2.24) is 0 Å². The number of benzene rings is 1. The summed E-state index contributed by atoms with van der Waals surface area (Å²) in [4.78, 5) is 3.63. The third-order valence-corrected chi connectivity index (χ3v) is 3.62. The second-order valence-electron chi connectivity index (χ2n) is 3.99. The number of nitrogens with two attached hydrogens (primary N) is 1. The Labute approximate surface area is 112 Å². The quantitative estimate of drug-likeness (QED) is 0.870. The molecule has 1 heterocycles. The van der Waals surface area contributed by atoms with Gasteiger partial charge >= 0.3 is 0 Å². The maximum absolute atomic E-state index is 5.69. The molecule has 0 aliphatic carbocycles. The van der Waals surface area contributed by atoms with E-state index in [-0.39, 0.29) is 0 Å². The molecule has 1 aromatic heterocycles. The number of nitrogens with zero attached hydrogens (tertiary/aromatic N) is 1. The molecule has 2 N–H and O–H groups in total. The zero-order chi connectivity index (χ0) is 12.8. The van der Waals surface area contributed by atoms with Crippen molar-refractivity contribution in [3.05, 3.63) is 46.7 Å². The van der Waals surface area contributed by atoms with Crippen molar-refractivity contribution >= 4 is 17.0 Å². The van der Waals surface area contributed by atoms with E-state index < -0.39 is 0 Å². The molecule has 0 atom stereocenters. The van der Waals surface area contributed by atoms with Crippen molar-refractivity contribution in [3.8, 4) is 5.75 Å². The molecule has 0 aliphatic heterocycles. The summed E-state index contributed by atoms with van der Waals surface area (Å²) < 4.78 is 5.17. The van der Waals surface area contributed by atoms with E-state index in [2.05, 4.69) is 34.5 Å². The molecule has 0 aliphatic rings. The Morgan fingerprint density at radius 2 is 2.00 bits per heavy atom. The minimum Gasteiger partial charge on any atom is -0.497 e. The normalized spacial score (nSPS) is 10.3. The summed E-state index contributed by atoms with van der Waals surface area (Å²) in [5, 5.41) is 2.10. The molecule has 0 fully saturated rings.